The average Bonchev–Trinajstić information content (AvgIpc) is 2.77. The van der Waals surface area contributed by atoms with Crippen LogP contribution in [0.1, 0.15) is 10.4 Å². The molecule has 0 radical (unpaired) electrons. The quantitative estimate of drug-likeness (QED) is 0.792. The number of carboxylic acid groups (broad SMARTS) is 1. The van der Waals surface area contributed by atoms with Crippen molar-refractivity contribution in [2.24, 2.45) is 7.05 Å². The highest BCUT2D eigenvalue weighted by Gasteiger charge is 2.18. The van der Waals surface area contributed by atoms with Gasteiger partial charge in [0.05, 0.1) is 22.9 Å². The van der Waals surface area contributed by atoms with Gasteiger partial charge in [0.2, 0.25) is 5.91 Å². The molecule has 0 saturated carbocycles. The summed E-state index contributed by atoms with van der Waals surface area (Å²) in [5.41, 5.74) is 0.666. The first-order chi connectivity index (χ1) is 9.04. The van der Waals surface area contributed by atoms with Crippen LogP contribution < -0.4 is 5.32 Å². The summed E-state index contributed by atoms with van der Waals surface area (Å²) in [6, 6.07) is 0. The van der Waals surface area contributed by atoms with E-state index in [2.05, 4.69) is 15.4 Å². The van der Waals surface area contributed by atoms with E-state index in [-0.39, 0.29) is 17.2 Å². The Balaban J connectivity index is 2.49. The molecular weight excluding hydrogens is 268 g/mol. The van der Waals surface area contributed by atoms with Crippen LogP contribution in [0.25, 0.3) is 11.0 Å². The third kappa shape index (κ3) is 2.53. The van der Waals surface area contributed by atoms with Crippen LogP contribution in [0.2, 0.25) is 0 Å². The van der Waals surface area contributed by atoms with Gasteiger partial charge in [-0.3, -0.25) is 9.48 Å². The summed E-state index contributed by atoms with van der Waals surface area (Å²) in [4.78, 5) is 27.1. The van der Waals surface area contributed by atoms with E-state index in [0.717, 1.165) is 11.8 Å². The van der Waals surface area contributed by atoms with Gasteiger partial charge in [-0.15, -0.1) is 11.8 Å². The maximum Gasteiger partial charge on any atom is 0.338 e. The van der Waals surface area contributed by atoms with Gasteiger partial charge in [0.15, 0.2) is 5.65 Å². The van der Waals surface area contributed by atoms with Crippen LogP contribution >= 0.6 is 11.8 Å². The molecule has 0 aliphatic heterocycles. The molecule has 0 unspecified atom stereocenters. The molecule has 8 heteroatoms. The topological polar surface area (TPSA) is 97.1 Å². The van der Waals surface area contributed by atoms with Gasteiger partial charge in [0.25, 0.3) is 0 Å². The van der Waals surface area contributed by atoms with Crippen molar-refractivity contribution in [1.82, 2.24) is 20.1 Å². The number of nitrogens with zero attached hydrogens (tertiary/aromatic N) is 3. The van der Waals surface area contributed by atoms with Crippen LogP contribution in [0, 0.1) is 0 Å². The molecular formula is C11H12N4O3S. The smallest absolute Gasteiger partial charge is 0.338 e. The normalized spacial score (nSPS) is 10.6. The van der Waals surface area contributed by atoms with Crippen LogP contribution in [0.5, 0.6) is 0 Å². The summed E-state index contributed by atoms with van der Waals surface area (Å²) < 4.78 is 1.56. The maximum absolute atomic E-state index is 11.3. The zero-order valence-corrected chi connectivity index (χ0v) is 11.2. The van der Waals surface area contributed by atoms with Crippen molar-refractivity contribution >= 4 is 34.7 Å². The second-order valence-corrected chi connectivity index (χ2v) is 4.76. The number of carbonyl (C=O) groups excluding carboxylic acids is 1. The lowest BCUT2D eigenvalue weighted by Crippen LogP contribution is -2.20. The first kappa shape index (κ1) is 13.3. The molecule has 7 nitrogen and oxygen atoms in total. The van der Waals surface area contributed by atoms with Crippen molar-refractivity contribution in [2.75, 3.05) is 12.8 Å². The van der Waals surface area contributed by atoms with E-state index >= 15 is 0 Å². The SMILES string of the molecule is CNC(=O)CSc1c(C(=O)O)cnc2c1cnn2C. The molecule has 2 rings (SSSR count). The number of rotatable bonds is 4. The Hall–Kier alpha value is -2.09. The first-order valence-corrected chi connectivity index (χ1v) is 6.40. The molecule has 1 amide bonds. The van der Waals surface area contributed by atoms with Crippen LogP contribution in [-0.2, 0) is 11.8 Å². The van der Waals surface area contributed by atoms with Gasteiger partial charge in [-0.05, 0) is 0 Å². The molecule has 2 aromatic heterocycles. The highest BCUT2D eigenvalue weighted by atomic mass is 32.2. The van der Waals surface area contributed by atoms with Crippen molar-refractivity contribution in [2.45, 2.75) is 4.90 Å². The van der Waals surface area contributed by atoms with E-state index in [0.29, 0.717) is 15.9 Å². The van der Waals surface area contributed by atoms with E-state index in [1.165, 1.54) is 13.2 Å². The minimum Gasteiger partial charge on any atom is -0.478 e. The summed E-state index contributed by atoms with van der Waals surface area (Å²) in [7, 11) is 3.26. The van der Waals surface area contributed by atoms with Crippen molar-refractivity contribution in [3.8, 4) is 0 Å². The summed E-state index contributed by atoms with van der Waals surface area (Å²) in [6.45, 7) is 0. The number of hydrogen-bond donors (Lipinski definition) is 2. The summed E-state index contributed by atoms with van der Waals surface area (Å²) >= 11 is 1.16. The zero-order valence-electron chi connectivity index (χ0n) is 10.4. The van der Waals surface area contributed by atoms with Crippen LogP contribution in [0.3, 0.4) is 0 Å². The molecule has 0 aliphatic carbocycles. The Bertz CT molecular complexity index is 653. The molecule has 0 aliphatic rings. The highest BCUT2D eigenvalue weighted by Crippen LogP contribution is 2.30. The summed E-state index contributed by atoms with van der Waals surface area (Å²) in [5, 5.41) is 16.4. The van der Waals surface area contributed by atoms with Crippen LogP contribution in [0.15, 0.2) is 17.3 Å². The third-order valence-electron chi connectivity index (χ3n) is 2.57. The minimum atomic E-state index is -1.07. The number of amides is 1. The van der Waals surface area contributed by atoms with Gasteiger partial charge in [-0.1, -0.05) is 0 Å². The molecule has 0 spiro atoms. The Labute approximate surface area is 113 Å². The van der Waals surface area contributed by atoms with Crippen molar-refractivity contribution in [1.29, 1.82) is 0 Å². The van der Waals surface area contributed by atoms with Gasteiger partial charge in [-0.2, -0.15) is 5.10 Å². The zero-order chi connectivity index (χ0) is 14.0. The van der Waals surface area contributed by atoms with Crippen LogP contribution in [-0.4, -0.2) is 44.5 Å². The van der Waals surface area contributed by atoms with Gasteiger partial charge in [0, 0.05) is 25.2 Å². The predicted octanol–water partition coefficient (Wildman–Crippen LogP) is 0.505. The molecule has 2 N–H and O–H groups in total. The Kier molecular flexibility index (Phi) is 3.70. The number of aromatic nitrogens is 3. The van der Waals surface area contributed by atoms with Gasteiger partial charge in [0.1, 0.15) is 0 Å². The maximum atomic E-state index is 11.3. The number of fused-ring (bicyclic) bond motifs is 1. The summed E-state index contributed by atoms with van der Waals surface area (Å²) in [5.74, 6) is -1.10. The van der Waals surface area contributed by atoms with Crippen LogP contribution in [0.4, 0.5) is 0 Å². The number of nitrogens with one attached hydrogen (secondary N) is 1. The standard InChI is InChI=1S/C11H12N4O3S/c1-12-8(16)5-19-9-6-4-14-15(2)10(6)13-3-7(9)11(17)18/h3-4H,5H2,1-2H3,(H,12,16)(H,17,18). The van der Waals surface area contributed by atoms with Crippen molar-refractivity contribution < 1.29 is 14.7 Å². The lowest BCUT2D eigenvalue weighted by molar-refractivity contribution is -0.118. The second kappa shape index (κ2) is 5.27. The minimum absolute atomic E-state index is 0.0782. The molecule has 0 saturated heterocycles. The first-order valence-electron chi connectivity index (χ1n) is 5.42. The molecule has 2 aromatic rings. The number of carboxylic acids is 1. The van der Waals surface area contributed by atoms with E-state index in [4.69, 9.17) is 0 Å². The lowest BCUT2D eigenvalue weighted by atomic mass is 10.2. The fourth-order valence-corrected chi connectivity index (χ4v) is 2.61. The second-order valence-electron chi connectivity index (χ2n) is 3.77. The fourth-order valence-electron chi connectivity index (χ4n) is 1.59. The third-order valence-corrected chi connectivity index (χ3v) is 3.70. The van der Waals surface area contributed by atoms with E-state index < -0.39 is 5.97 Å². The molecule has 19 heavy (non-hydrogen) atoms. The van der Waals surface area contributed by atoms with Gasteiger partial charge < -0.3 is 10.4 Å². The lowest BCUT2D eigenvalue weighted by Gasteiger charge is -2.06. The largest absolute Gasteiger partial charge is 0.478 e. The summed E-state index contributed by atoms with van der Waals surface area (Å²) in [6.07, 6.45) is 2.85. The molecule has 100 valence electrons. The number of aromatic carboxylic acids is 1. The highest BCUT2D eigenvalue weighted by molar-refractivity contribution is 8.00. The van der Waals surface area contributed by atoms with E-state index in [1.807, 2.05) is 0 Å². The number of hydrogen-bond acceptors (Lipinski definition) is 5. The monoisotopic (exact) mass is 280 g/mol. The fraction of sp³-hybridized carbons (Fsp3) is 0.273. The molecule has 2 heterocycles. The number of thioether (sulfide) groups is 1. The van der Waals surface area contributed by atoms with E-state index in [1.54, 1.807) is 17.9 Å². The Morgan fingerprint density at radius 3 is 2.84 bits per heavy atom. The average molecular weight is 280 g/mol. The predicted molar refractivity (Wildman–Crippen MR) is 70.3 cm³/mol. The molecule has 0 aromatic carbocycles. The van der Waals surface area contributed by atoms with Gasteiger partial charge in [-0.25, -0.2) is 9.78 Å². The van der Waals surface area contributed by atoms with Gasteiger partial charge >= 0.3 is 5.97 Å². The van der Waals surface area contributed by atoms with Crippen molar-refractivity contribution in [3.05, 3.63) is 18.0 Å². The molecule has 0 bridgehead atoms. The number of pyridine rings is 1. The number of carbonyl (C=O) groups is 2. The Morgan fingerprint density at radius 1 is 1.47 bits per heavy atom. The molecule has 0 fully saturated rings. The van der Waals surface area contributed by atoms with E-state index in [9.17, 15) is 14.7 Å². The van der Waals surface area contributed by atoms with Crippen molar-refractivity contribution in [3.63, 3.8) is 0 Å². The number of aryl methyl sites for hydroxylation is 1. The molecule has 0 atom stereocenters. The Morgan fingerprint density at radius 2 is 2.21 bits per heavy atom.